The van der Waals surface area contributed by atoms with Crippen LogP contribution in [0.2, 0.25) is 5.02 Å². The second-order valence-electron chi connectivity index (χ2n) is 3.02. The predicted molar refractivity (Wildman–Crippen MR) is 62.1 cm³/mol. The second-order valence-corrected chi connectivity index (χ2v) is 3.46. The number of esters is 1. The van der Waals surface area contributed by atoms with E-state index in [0.29, 0.717) is 5.02 Å². The minimum absolute atomic E-state index is 0. The lowest BCUT2D eigenvalue weighted by Gasteiger charge is -2.06. The summed E-state index contributed by atoms with van der Waals surface area (Å²) in [6.45, 7) is 1.82. The summed E-state index contributed by atoms with van der Waals surface area (Å²) in [5.74, 6) is -0.403. The molecule has 0 aliphatic heterocycles. The summed E-state index contributed by atoms with van der Waals surface area (Å²) in [7, 11) is 0. The van der Waals surface area contributed by atoms with Gasteiger partial charge in [0.2, 0.25) is 0 Å². The summed E-state index contributed by atoms with van der Waals surface area (Å²) in [6.07, 6.45) is 0. The van der Waals surface area contributed by atoms with Crippen molar-refractivity contribution in [3.05, 3.63) is 34.9 Å². The molecular weight excluding hydrogens is 237 g/mol. The van der Waals surface area contributed by atoms with Crippen molar-refractivity contribution in [2.24, 2.45) is 5.73 Å². The van der Waals surface area contributed by atoms with Crippen molar-refractivity contribution < 1.29 is 9.53 Å². The minimum atomic E-state index is -0.581. The average molecular weight is 250 g/mol. The number of hydrogen-bond donors (Lipinski definition) is 1. The highest BCUT2D eigenvalue weighted by molar-refractivity contribution is 6.30. The van der Waals surface area contributed by atoms with Gasteiger partial charge in [0.25, 0.3) is 0 Å². The molecule has 0 saturated heterocycles. The van der Waals surface area contributed by atoms with Crippen LogP contribution >= 0.6 is 24.0 Å². The zero-order chi connectivity index (χ0) is 10.6. The number of halogens is 2. The van der Waals surface area contributed by atoms with E-state index in [1.807, 2.05) is 0 Å². The van der Waals surface area contributed by atoms with Crippen molar-refractivity contribution in [3.63, 3.8) is 0 Å². The number of carbonyl (C=O) groups excluding carboxylic acids is 1. The lowest BCUT2D eigenvalue weighted by Crippen LogP contribution is -2.28. The predicted octanol–water partition coefficient (Wildman–Crippen LogP) is 2.15. The Morgan fingerprint density at radius 1 is 1.47 bits per heavy atom. The molecule has 0 unspecified atom stereocenters. The van der Waals surface area contributed by atoms with Gasteiger partial charge in [-0.25, -0.2) is 0 Å². The molecule has 1 aromatic rings. The van der Waals surface area contributed by atoms with Gasteiger partial charge in [0.1, 0.15) is 12.6 Å². The highest BCUT2D eigenvalue weighted by Crippen LogP contribution is 2.10. The molecule has 84 valence electrons. The molecule has 1 aromatic carbocycles. The fourth-order valence-corrected chi connectivity index (χ4v) is 0.993. The van der Waals surface area contributed by atoms with E-state index in [1.54, 1.807) is 31.2 Å². The Hall–Kier alpha value is -0.770. The molecule has 3 nitrogen and oxygen atoms in total. The van der Waals surface area contributed by atoms with Crippen LogP contribution in [0.25, 0.3) is 0 Å². The highest BCUT2D eigenvalue weighted by atomic mass is 35.5. The number of rotatable bonds is 3. The SMILES string of the molecule is C[C@H](N)C(=O)OCc1ccc(Cl)cc1.Cl. The third kappa shape index (κ3) is 5.02. The standard InChI is InChI=1S/C10H12ClNO2.ClH/c1-7(12)10(13)14-6-8-2-4-9(11)5-3-8;/h2-5,7H,6,12H2,1H3;1H/t7-;/m0./s1. The molecule has 0 spiro atoms. The Labute approximate surface area is 100.0 Å². The van der Waals surface area contributed by atoms with E-state index in [-0.39, 0.29) is 19.0 Å². The Bertz CT molecular complexity index is 312. The number of ether oxygens (including phenoxy) is 1. The van der Waals surface area contributed by atoms with Crippen molar-refractivity contribution in [3.8, 4) is 0 Å². The fourth-order valence-electron chi connectivity index (χ4n) is 0.867. The zero-order valence-electron chi connectivity index (χ0n) is 8.27. The summed E-state index contributed by atoms with van der Waals surface area (Å²) < 4.78 is 4.92. The van der Waals surface area contributed by atoms with Gasteiger partial charge in [-0.1, -0.05) is 23.7 Å². The van der Waals surface area contributed by atoms with Crippen LogP contribution in [0.5, 0.6) is 0 Å². The minimum Gasteiger partial charge on any atom is -0.460 e. The normalized spacial score (nSPS) is 11.4. The van der Waals surface area contributed by atoms with Crippen molar-refractivity contribution in [2.75, 3.05) is 0 Å². The van der Waals surface area contributed by atoms with Gasteiger partial charge in [0.05, 0.1) is 0 Å². The van der Waals surface area contributed by atoms with Crippen molar-refractivity contribution >= 4 is 30.0 Å². The molecule has 1 atom stereocenters. The quantitative estimate of drug-likeness (QED) is 0.836. The summed E-state index contributed by atoms with van der Waals surface area (Å²) in [5, 5.41) is 0.660. The van der Waals surface area contributed by atoms with Crippen LogP contribution < -0.4 is 5.73 Å². The summed E-state index contributed by atoms with van der Waals surface area (Å²) in [5.41, 5.74) is 6.22. The Kier molecular flexibility index (Phi) is 6.32. The third-order valence-electron chi connectivity index (χ3n) is 1.67. The lowest BCUT2D eigenvalue weighted by atomic mass is 10.2. The molecule has 0 fully saturated rings. The van der Waals surface area contributed by atoms with Crippen molar-refractivity contribution in [1.82, 2.24) is 0 Å². The molecule has 0 aliphatic carbocycles. The van der Waals surface area contributed by atoms with Gasteiger partial charge in [-0.3, -0.25) is 4.79 Å². The van der Waals surface area contributed by atoms with E-state index in [4.69, 9.17) is 22.1 Å². The first-order chi connectivity index (χ1) is 6.59. The topological polar surface area (TPSA) is 52.3 Å². The highest BCUT2D eigenvalue weighted by Gasteiger charge is 2.08. The number of benzene rings is 1. The molecule has 0 aliphatic rings. The molecule has 1 rings (SSSR count). The average Bonchev–Trinajstić information content (AvgIpc) is 2.16. The smallest absolute Gasteiger partial charge is 0.322 e. The Balaban J connectivity index is 0.00000196. The lowest BCUT2D eigenvalue weighted by molar-refractivity contribution is -0.146. The number of carbonyl (C=O) groups is 1. The van der Waals surface area contributed by atoms with Gasteiger partial charge in [-0.05, 0) is 24.6 Å². The van der Waals surface area contributed by atoms with Crippen LogP contribution in [0, 0.1) is 0 Å². The first-order valence-electron chi connectivity index (χ1n) is 4.26. The van der Waals surface area contributed by atoms with Gasteiger partial charge >= 0.3 is 5.97 Å². The van der Waals surface area contributed by atoms with Gasteiger partial charge in [-0.2, -0.15) is 0 Å². The molecule has 0 saturated carbocycles. The van der Waals surface area contributed by atoms with Crippen LogP contribution in [-0.4, -0.2) is 12.0 Å². The second kappa shape index (κ2) is 6.67. The van der Waals surface area contributed by atoms with E-state index in [2.05, 4.69) is 0 Å². The first kappa shape index (κ1) is 14.2. The molecule has 0 radical (unpaired) electrons. The zero-order valence-corrected chi connectivity index (χ0v) is 9.85. The van der Waals surface area contributed by atoms with Crippen LogP contribution in [0.3, 0.4) is 0 Å². The third-order valence-corrected chi connectivity index (χ3v) is 1.92. The van der Waals surface area contributed by atoms with Gasteiger partial charge in [-0.15, -0.1) is 12.4 Å². The maximum atomic E-state index is 11.0. The van der Waals surface area contributed by atoms with Crippen molar-refractivity contribution in [1.29, 1.82) is 0 Å². The molecule has 2 N–H and O–H groups in total. The van der Waals surface area contributed by atoms with E-state index in [0.717, 1.165) is 5.56 Å². The summed E-state index contributed by atoms with van der Waals surface area (Å²) in [6, 6.07) is 6.52. The molecule has 5 heteroatoms. The number of nitrogens with two attached hydrogens (primary N) is 1. The van der Waals surface area contributed by atoms with Crippen LogP contribution in [0.15, 0.2) is 24.3 Å². The monoisotopic (exact) mass is 249 g/mol. The summed E-state index contributed by atoms with van der Waals surface area (Å²) in [4.78, 5) is 11.0. The van der Waals surface area contributed by atoms with E-state index >= 15 is 0 Å². The molecule has 0 amide bonds. The molecular formula is C10H13Cl2NO2. The molecule has 15 heavy (non-hydrogen) atoms. The van der Waals surface area contributed by atoms with E-state index < -0.39 is 12.0 Å². The van der Waals surface area contributed by atoms with Gasteiger partial charge < -0.3 is 10.5 Å². The fraction of sp³-hybridized carbons (Fsp3) is 0.300. The first-order valence-corrected chi connectivity index (χ1v) is 4.64. The molecule has 0 heterocycles. The van der Waals surface area contributed by atoms with Crippen LogP contribution in [0.1, 0.15) is 12.5 Å². The van der Waals surface area contributed by atoms with E-state index in [1.165, 1.54) is 0 Å². The Morgan fingerprint density at radius 2 is 2.00 bits per heavy atom. The maximum absolute atomic E-state index is 11.0. The largest absolute Gasteiger partial charge is 0.460 e. The van der Waals surface area contributed by atoms with Crippen LogP contribution in [-0.2, 0) is 16.1 Å². The van der Waals surface area contributed by atoms with Gasteiger partial charge in [0, 0.05) is 5.02 Å². The maximum Gasteiger partial charge on any atom is 0.322 e. The van der Waals surface area contributed by atoms with Crippen molar-refractivity contribution in [2.45, 2.75) is 19.6 Å². The van der Waals surface area contributed by atoms with E-state index in [9.17, 15) is 4.79 Å². The summed E-state index contributed by atoms with van der Waals surface area (Å²) >= 11 is 5.70. The van der Waals surface area contributed by atoms with Gasteiger partial charge in [0.15, 0.2) is 0 Å². The van der Waals surface area contributed by atoms with Crippen LogP contribution in [0.4, 0.5) is 0 Å². The Morgan fingerprint density at radius 3 is 2.47 bits per heavy atom. The molecule has 0 bridgehead atoms. The number of hydrogen-bond acceptors (Lipinski definition) is 3. The molecule has 0 aromatic heterocycles.